The molecule has 174 valence electrons. The van der Waals surface area contributed by atoms with Gasteiger partial charge in [0, 0.05) is 25.2 Å². The molecule has 0 saturated heterocycles. The molecule has 3 N–H and O–H groups in total. The van der Waals surface area contributed by atoms with Gasteiger partial charge < -0.3 is 25.4 Å². The number of aliphatic imine (C=N–C) groups is 1. The molecule has 0 fully saturated rings. The maximum absolute atomic E-state index is 11.5. The molecular weight excluding hydrogens is 519 g/mol. The van der Waals surface area contributed by atoms with Gasteiger partial charge in [0.2, 0.25) is 5.91 Å². The first kappa shape index (κ1) is 25.8. The van der Waals surface area contributed by atoms with Gasteiger partial charge in [-0.25, -0.2) is 0 Å². The fourth-order valence-corrected chi connectivity index (χ4v) is 3.45. The highest BCUT2D eigenvalue weighted by Gasteiger charge is 2.14. The van der Waals surface area contributed by atoms with Crippen LogP contribution in [0.3, 0.4) is 0 Å². The lowest BCUT2D eigenvalue weighted by molar-refractivity contribution is -0.116. The molecule has 32 heavy (non-hydrogen) atoms. The molecular formula is C24H33IN4O3. The Hall–Kier alpha value is -2.49. The quantitative estimate of drug-likeness (QED) is 0.191. The van der Waals surface area contributed by atoms with Crippen LogP contribution in [0.15, 0.2) is 41.4 Å². The number of methoxy groups -OCH3 is 1. The molecule has 0 aliphatic carbocycles. The number of nitrogens with zero attached hydrogens (tertiary/aromatic N) is 1. The fourth-order valence-electron chi connectivity index (χ4n) is 3.45. The zero-order valence-corrected chi connectivity index (χ0v) is 21.3. The van der Waals surface area contributed by atoms with Gasteiger partial charge in [0.15, 0.2) is 5.96 Å². The van der Waals surface area contributed by atoms with Gasteiger partial charge in [-0.1, -0.05) is 12.1 Å². The van der Waals surface area contributed by atoms with Crippen LogP contribution < -0.4 is 25.4 Å². The van der Waals surface area contributed by atoms with Gasteiger partial charge in [-0.05, 0) is 67.6 Å². The Labute approximate surface area is 207 Å². The standard InChI is InChI=1S/C24H32N4O3.HI/c1-4-25-24(26-12-11-18-6-5-17(2)22(15-18)30-3)27-13-14-31-20-8-9-21-19(16-20)7-10-23(29)28-21;/h5-6,8-9,15-16H,4,7,10-14H2,1-3H3,(H,28,29)(H2,25,26,27);1H. The summed E-state index contributed by atoms with van der Waals surface area (Å²) in [7, 11) is 1.70. The summed E-state index contributed by atoms with van der Waals surface area (Å²) in [6.07, 6.45) is 2.12. The van der Waals surface area contributed by atoms with Crippen molar-refractivity contribution < 1.29 is 14.3 Å². The number of hydrogen-bond donors (Lipinski definition) is 3. The van der Waals surface area contributed by atoms with Crippen molar-refractivity contribution in [2.75, 3.05) is 38.7 Å². The van der Waals surface area contributed by atoms with Crippen molar-refractivity contribution >= 4 is 41.5 Å². The molecule has 0 saturated carbocycles. The lowest BCUT2D eigenvalue weighted by Crippen LogP contribution is -2.39. The molecule has 0 aromatic heterocycles. The highest BCUT2D eigenvalue weighted by atomic mass is 127. The van der Waals surface area contributed by atoms with Crippen LogP contribution in [0.2, 0.25) is 0 Å². The third-order valence-corrected chi connectivity index (χ3v) is 5.12. The van der Waals surface area contributed by atoms with Crippen molar-refractivity contribution in [2.24, 2.45) is 4.99 Å². The van der Waals surface area contributed by atoms with E-state index in [0.29, 0.717) is 26.1 Å². The third kappa shape index (κ3) is 7.58. The van der Waals surface area contributed by atoms with Gasteiger partial charge in [0.25, 0.3) is 0 Å². The van der Waals surface area contributed by atoms with Gasteiger partial charge >= 0.3 is 0 Å². The summed E-state index contributed by atoms with van der Waals surface area (Å²) >= 11 is 0. The van der Waals surface area contributed by atoms with E-state index in [0.717, 1.165) is 53.7 Å². The molecule has 0 spiro atoms. The average molecular weight is 552 g/mol. The van der Waals surface area contributed by atoms with E-state index in [4.69, 9.17) is 9.47 Å². The van der Waals surface area contributed by atoms with Crippen molar-refractivity contribution in [3.63, 3.8) is 0 Å². The normalized spacial score (nSPS) is 12.8. The number of halogens is 1. The highest BCUT2D eigenvalue weighted by molar-refractivity contribution is 14.0. The van der Waals surface area contributed by atoms with Gasteiger partial charge in [0.05, 0.1) is 13.7 Å². The van der Waals surface area contributed by atoms with Crippen LogP contribution in [0.1, 0.15) is 30.0 Å². The molecule has 1 aliphatic rings. The number of anilines is 1. The first-order valence-electron chi connectivity index (χ1n) is 10.8. The van der Waals surface area contributed by atoms with Crippen LogP contribution in [0.5, 0.6) is 11.5 Å². The molecule has 3 rings (SSSR count). The molecule has 2 aromatic carbocycles. The Kier molecular flexibility index (Phi) is 10.6. The number of benzene rings is 2. The SMILES string of the molecule is CCNC(=NCCc1ccc(C)c(OC)c1)NCCOc1ccc2c(c1)CCC(=O)N2.I. The Bertz CT molecular complexity index is 933. The Morgan fingerprint density at radius 2 is 2.00 bits per heavy atom. The van der Waals surface area contributed by atoms with Gasteiger partial charge in [-0.15, -0.1) is 24.0 Å². The Morgan fingerprint density at radius 3 is 2.78 bits per heavy atom. The zero-order chi connectivity index (χ0) is 22.1. The fraction of sp³-hybridized carbons (Fsp3) is 0.417. The summed E-state index contributed by atoms with van der Waals surface area (Å²) in [5, 5.41) is 9.46. The molecule has 1 amide bonds. The number of fused-ring (bicyclic) bond motifs is 1. The lowest BCUT2D eigenvalue weighted by Gasteiger charge is -2.18. The van der Waals surface area contributed by atoms with Crippen LogP contribution >= 0.6 is 24.0 Å². The number of nitrogens with one attached hydrogen (secondary N) is 3. The van der Waals surface area contributed by atoms with Gasteiger partial charge in [0.1, 0.15) is 18.1 Å². The third-order valence-electron chi connectivity index (χ3n) is 5.12. The van der Waals surface area contributed by atoms with E-state index in [-0.39, 0.29) is 29.9 Å². The van der Waals surface area contributed by atoms with Crippen molar-refractivity contribution in [3.8, 4) is 11.5 Å². The van der Waals surface area contributed by atoms with Crippen LogP contribution in [0.4, 0.5) is 5.69 Å². The van der Waals surface area contributed by atoms with Crippen LogP contribution in [-0.2, 0) is 17.6 Å². The monoisotopic (exact) mass is 552 g/mol. The van der Waals surface area contributed by atoms with E-state index in [1.807, 2.05) is 32.0 Å². The minimum absolute atomic E-state index is 0. The van der Waals surface area contributed by atoms with E-state index < -0.39 is 0 Å². The summed E-state index contributed by atoms with van der Waals surface area (Å²) in [4.78, 5) is 16.1. The van der Waals surface area contributed by atoms with E-state index in [9.17, 15) is 4.79 Å². The number of hydrogen-bond acceptors (Lipinski definition) is 4. The number of carbonyl (C=O) groups is 1. The van der Waals surface area contributed by atoms with Crippen molar-refractivity contribution in [1.82, 2.24) is 10.6 Å². The maximum atomic E-state index is 11.5. The van der Waals surface area contributed by atoms with E-state index in [1.54, 1.807) is 7.11 Å². The van der Waals surface area contributed by atoms with E-state index in [2.05, 4.69) is 39.1 Å². The topological polar surface area (TPSA) is 84.0 Å². The number of amides is 1. The van der Waals surface area contributed by atoms with Crippen molar-refractivity contribution in [2.45, 2.75) is 33.1 Å². The molecule has 0 atom stereocenters. The maximum Gasteiger partial charge on any atom is 0.224 e. The number of aryl methyl sites for hydroxylation is 2. The van der Waals surface area contributed by atoms with Crippen molar-refractivity contribution in [3.05, 3.63) is 53.1 Å². The molecule has 0 bridgehead atoms. The zero-order valence-electron chi connectivity index (χ0n) is 19.0. The first-order valence-corrected chi connectivity index (χ1v) is 10.8. The van der Waals surface area contributed by atoms with Crippen LogP contribution in [0, 0.1) is 6.92 Å². The molecule has 0 unspecified atom stereocenters. The lowest BCUT2D eigenvalue weighted by atomic mass is 10.0. The molecule has 1 heterocycles. The number of carbonyl (C=O) groups excluding carboxylic acids is 1. The number of ether oxygens (including phenoxy) is 2. The molecule has 2 aromatic rings. The van der Waals surface area contributed by atoms with E-state index in [1.165, 1.54) is 5.56 Å². The van der Waals surface area contributed by atoms with Gasteiger partial charge in [-0.2, -0.15) is 0 Å². The molecule has 8 heteroatoms. The molecule has 1 aliphatic heterocycles. The van der Waals surface area contributed by atoms with Gasteiger partial charge in [-0.3, -0.25) is 9.79 Å². The van der Waals surface area contributed by atoms with Crippen LogP contribution in [-0.4, -0.2) is 45.2 Å². The number of guanidine groups is 1. The smallest absolute Gasteiger partial charge is 0.224 e. The average Bonchev–Trinajstić information content (AvgIpc) is 2.77. The largest absolute Gasteiger partial charge is 0.496 e. The summed E-state index contributed by atoms with van der Waals surface area (Å²) in [5.74, 6) is 2.57. The first-order chi connectivity index (χ1) is 15.1. The summed E-state index contributed by atoms with van der Waals surface area (Å²) in [5.41, 5.74) is 4.34. The summed E-state index contributed by atoms with van der Waals surface area (Å²) in [6, 6.07) is 12.1. The second kappa shape index (κ2) is 13.1. The number of rotatable bonds is 9. The highest BCUT2D eigenvalue weighted by Crippen LogP contribution is 2.26. The summed E-state index contributed by atoms with van der Waals surface area (Å²) < 4.78 is 11.3. The predicted octanol–water partition coefficient (Wildman–Crippen LogP) is 3.68. The molecule has 0 radical (unpaired) electrons. The molecule has 7 nitrogen and oxygen atoms in total. The minimum Gasteiger partial charge on any atom is -0.496 e. The Balaban J connectivity index is 0.00000363. The van der Waals surface area contributed by atoms with E-state index >= 15 is 0 Å². The van der Waals surface area contributed by atoms with Crippen molar-refractivity contribution in [1.29, 1.82) is 0 Å². The minimum atomic E-state index is 0. The Morgan fingerprint density at radius 1 is 1.16 bits per heavy atom. The summed E-state index contributed by atoms with van der Waals surface area (Å²) in [6.45, 7) is 6.71. The second-order valence-corrected chi connectivity index (χ2v) is 7.46. The predicted molar refractivity (Wildman–Crippen MR) is 140 cm³/mol. The van der Waals surface area contributed by atoms with Crippen LogP contribution in [0.25, 0.3) is 0 Å². The second-order valence-electron chi connectivity index (χ2n) is 7.46.